The summed E-state index contributed by atoms with van der Waals surface area (Å²) in [5.41, 5.74) is 1.58. The molecule has 0 atom stereocenters. The van der Waals surface area contributed by atoms with E-state index in [4.69, 9.17) is 4.74 Å². The van der Waals surface area contributed by atoms with Crippen molar-refractivity contribution in [3.05, 3.63) is 29.8 Å². The standard InChI is InChI=1S/C14H22N2O2/c1-11(2)15-13-8-6-5-7-12(13)14(17)16(3)9-10-18-4/h5-8,11,15H,9-10H2,1-4H3. The lowest BCUT2D eigenvalue weighted by atomic mass is 10.1. The molecule has 0 aliphatic heterocycles. The summed E-state index contributed by atoms with van der Waals surface area (Å²) < 4.78 is 4.98. The number of amides is 1. The topological polar surface area (TPSA) is 41.6 Å². The molecular weight excluding hydrogens is 228 g/mol. The van der Waals surface area contributed by atoms with Gasteiger partial charge in [0.15, 0.2) is 0 Å². The van der Waals surface area contributed by atoms with E-state index in [2.05, 4.69) is 19.2 Å². The summed E-state index contributed by atoms with van der Waals surface area (Å²) in [7, 11) is 3.42. The van der Waals surface area contributed by atoms with Crippen molar-refractivity contribution in [1.29, 1.82) is 0 Å². The van der Waals surface area contributed by atoms with E-state index in [1.54, 1.807) is 19.1 Å². The fourth-order valence-corrected chi connectivity index (χ4v) is 1.64. The smallest absolute Gasteiger partial charge is 0.255 e. The van der Waals surface area contributed by atoms with Crippen molar-refractivity contribution < 1.29 is 9.53 Å². The third-order valence-corrected chi connectivity index (χ3v) is 2.58. The van der Waals surface area contributed by atoms with Crippen molar-refractivity contribution in [2.24, 2.45) is 0 Å². The van der Waals surface area contributed by atoms with Gasteiger partial charge >= 0.3 is 0 Å². The van der Waals surface area contributed by atoms with Crippen molar-refractivity contribution in [3.8, 4) is 0 Å². The molecule has 1 N–H and O–H groups in total. The second kappa shape index (κ2) is 7.01. The fraction of sp³-hybridized carbons (Fsp3) is 0.500. The van der Waals surface area contributed by atoms with Crippen LogP contribution in [0.15, 0.2) is 24.3 Å². The molecule has 0 radical (unpaired) electrons. The number of rotatable bonds is 6. The number of methoxy groups -OCH3 is 1. The van der Waals surface area contributed by atoms with Crippen molar-refractivity contribution in [3.63, 3.8) is 0 Å². The number of ether oxygens (including phenoxy) is 1. The summed E-state index contributed by atoms with van der Waals surface area (Å²) in [4.78, 5) is 14.0. The SMILES string of the molecule is COCCN(C)C(=O)c1ccccc1NC(C)C. The van der Waals surface area contributed by atoms with Gasteiger partial charge in [0.25, 0.3) is 5.91 Å². The molecule has 0 fully saturated rings. The van der Waals surface area contributed by atoms with E-state index in [9.17, 15) is 4.79 Å². The lowest BCUT2D eigenvalue weighted by Crippen LogP contribution is -2.30. The quantitative estimate of drug-likeness (QED) is 0.841. The third-order valence-electron chi connectivity index (χ3n) is 2.58. The highest BCUT2D eigenvalue weighted by Gasteiger charge is 2.15. The number of carbonyl (C=O) groups excluding carboxylic acids is 1. The molecule has 0 saturated heterocycles. The van der Waals surface area contributed by atoms with E-state index < -0.39 is 0 Å². The van der Waals surface area contributed by atoms with Crippen LogP contribution in [0, 0.1) is 0 Å². The third kappa shape index (κ3) is 4.04. The summed E-state index contributed by atoms with van der Waals surface area (Å²) in [5, 5.41) is 3.29. The highest BCUT2D eigenvalue weighted by Crippen LogP contribution is 2.17. The van der Waals surface area contributed by atoms with E-state index in [1.165, 1.54) is 0 Å². The minimum atomic E-state index is 0.0100. The van der Waals surface area contributed by atoms with E-state index in [0.29, 0.717) is 24.8 Å². The Labute approximate surface area is 109 Å². The van der Waals surface area contributed by atoms with Crippen LogP contribution < -0.4 is 5.32 Å². The Kier molecular flexibility index (Phi) is 5.65. The van der Waals surface area contributed by atoms with Crippen LogP contribution in [-0.4, -0.2) is 44.2 Å². The lowest BCUT2D eigenvalue weighted by Gasteiger charge is -2.20. The molecule has 0 aliphatic rings. The first-order valence-electron chi connectivity index (χ1n) is 6.16. The maximum absolute atomic E-state index is 12.3. The lowest BCUT2D eigenvalue weighted by molar-refractivity contribution is 0.0745. The highest BCUT2D eigenvalue weighted by molar-refractivity contribution is 5.99. The monoisotopic (exact) mass is 250 g/mol. The Bertz CT molecular complexity index is 391. The second-order valence-electron chi connectivity index (χ2n) is 4.56. The summed E-state index contributed by atoms with van der Waals surface area (Å²) in [5.74, 6) is 0.0100. The average molecular weight is 250 g/mol. The normalized spacial score (nSPS) is 10.5. The summed E-state index contributed by atoms with van der Waals surface area (Å²) in [6.07, 6.45) is 0. The van der Waals surface area contributed by atoms with E-state index in [0.717, 1.165) is 5.69 Å². The van der Waals surface area contributed by atoms with Gasteiger partial charge in [0.2, 0.25) is 0 Å². The number of likely N-dealkylation sites (N-methyl/N-ethyl adjacent to an activating group) is 1. The van der Waals surface area contributed by atoms with Gasteiger partial charge in [-0.2, -0.15) is 0 Å². The van der Waals surface area contributed by atoms with Crippen molar-refractivity contribution in [2.75, 3.05) is 32.6 Å². The van der Waals surface area contributed by atoms with Gasteiger partial charge in [0, 0.05) is 32.4 Å². The molecule has 0 spiro atoms. The molecule has 0 saturated carbocycles. The molecule has 4 nitrogen and oxygen atoms in total. The molecule has 1 amide bonds. The Morgan fingerprint density at radius 3 is 2.67 bits per heavy atom. The van der Waals surface area contributed by atoms with Gasteiger partial charge in [-0.3, -0.25) is 4.79 Å². The van der Waals surface area contributed by atoms with Crippen LogP contribution in [0.2, 0.25) is 0 Å². The number of para-hydroxylation sites is 1. The minimum Gasteiger partial charge on any atom is -0.383 e. The van der Waals surface area contributed by atoms with Crippen molar-refractivity contribution >= 4 is 11.6 Å². The molecule has 1 rings (SSSR count). The Morgan fingerprint density at radius 2 is 2.06 bits per heavy atom. The molecule has 0 unspecified atom stereocenters. The van der Waals surface area contributed by atoms with Gasteiger partial charge in [-0.05, 0) is 26.0 Å². The highest BCUT2D eigenvalue weighted by atomic mass is 16.5. The van der Waals surface area contributed by atoms with Gasteiger partial charge in [-0.25, -0.2) is 0 Å². The van der Waals surface area contributed by atoms with Crippen LogP contribution in [0.25, 0.3) is 0 Å². The zero-order valence-electron chi connectivity index (χ0n) is 11.6. The first kappa shape index (κ1) is 14.5. The van der Waals surface area contributed by atoms with Crippen LogP contribution >= 0.6 is 0 Å². The van der Waals surface area contributed by atoms with Gasteiger partial charge in [-0.15, -0.1) is 0 Å². The van der Waals surface area contributed by atoms with Crippen LogP contribution in [0.4, 0.5) is 5.69 Å². The van der Waals surface area contributed by atoms with Crippen molar-refractivity contribution in [2.45, 2.75) is 19.9 Å². The zero-order chi connectivity index (χ0) is 13.5. The van der Waals surface area contributed by atoms with Crippen LogP contribution in [-0.2, 0) is 4.74 Å². The molecule has 4 heteroatoms. The second-order valence-corrected chi connectivity index (χ2v) is 4.56. The van der Waals surface area contributed by atoms with E-state index in [1.807, 2.05) is 24.3 Å². The summed E-state index contributed by atoms with van der Waals surface area (Å²) >= 11 is 0. The Hall–Kier alpha value is -1.55. The maximum atomic E-state index is 12.3. The molecule has 0 aliphatic carbocycles. The zero-order valence-corrected chi connectivity index (χ0v) is 11.6. The van der Waals surface area contributed by atoms with Gasteiger partial charge in [0.05, 0.1) is 12.2 Å². The predicted molar refractivity (Wildman–Crippen MR) is 74.0 cm³/mol. The largest absolute Gasteiger partial charge is 0.383 e. The van der Waals surface area contributed by atoms with Gasteiger partial charge in [0.1, 0.15) is 0 Å². The number of benzene rings is 1. The number of hydrogen-bond acceptors (Lipinski definition) is 3. The van der Waals surface area contributed by atoms with Gasteiger partial charge in [-0.1, -0.05) is 12.1 Å². The molecule has 18 heavy (non-hydrogen) atoms. The first-order chi connectivity index (χ1) is 8.56. The van der Waals surface area contributed by atoms with Gasteiger partial charge < -0.3 is 15.0 Å². The Balaban J connectivity index is 2.84. The molecule has 1 aromatic rings. The van der Waals surface area contributed by atoms with Crippen molar-refractivity contribution in [1.82, 2.24) is 4.90 Å². The van der Waals surface area contributed by atoms with Crippen LogP contribution in [0.5, 0.6) is 0 Å². The Morgan fingerprint density at radius 1 is 1.39 bits per heavy atom. The maximum Gasteiger partial charge on any atom is 0.255 e. The molecule has 0 aromatic heterocycles. The molecule has 100 valence electrons. The fourth-order valence-electron chi connectivity index (χ4n) is 1.64. The van der Waals surface area contributed by atoms with Crippen LogP contribution in [0.3, 0.4) is 0 Å². The number of nitrogens with one attached hydrogen (secondary N) is 1. The molecule has 0 heterocycles. The van der Waals surface area contributed by atoms with E-state index >= 15 is 0 Å². The summed E-state index contributed by atoms with van der Waals surface area (Å²) in [6, 6.07) is 7.87. The summed E-state index contributed by atoms with van der Waals surface area (Å²) in [6.45, 7) is 5.24. The van der Waals surface area contributed by atoms with E-state index in [-0.39, 0.29) is 5.91 Å². The number of hydrogen-bond donors (Lipinski definition) is 1. The first-order valence-corrected chi connectivity index (χ1v) is 6.16. The average Bonchev–Trinajstić information content (AvgIpc) is 2.35. The number of nitrogens with zero attached hydrogens (tertiary/aromatic N) is 1. The molecule has 0 bridgehead atoms. The molecule has 1 aromatic carbocycles. The predicted octanol–water partition coefficient (Wildman–Crippen LogP) is 2.23. The number of carbonyl (C=O) groups is 1. The number of anilines is 1. The van der Waals surface area contributed by atoms with Crippen LogP contribution in [0.1, 0.15) is 24.2 Å². The minimum absolute atomic E-state index is 0.0100. The molecular formula is C14H22N2O2.